The first kappa shape index (κ1) is 15.0. The molecule has 3 N–H and O–H groups in total. The number of rotatable bonds is 5. The van der Waals surface area contributed by atoms with Gasteiger partial charge in [-0.15, -0.1) is 0 Å². The molecular formula is C16H17FN2O2. The molecule has 0 spiro atoms. The summed E-state index contributed by atoms with van der Waals surface area (Å²) in [6.07, 6.45) is 0.169. The van der Waals surface area contributed by atoms with Gasteiger partial charge in [0, 0.05) is 6.54 Å². The summed E-state index contributed by atoms with van der Waals surface area (Å²) >= 11 is 0. The van der Waals surface area contributed by atoms with Crippen LogP contribution in [0.25, 0.3) is 0 Å². The predicted molar refractivity (Wildman–Crippen MR) is 79.6 cm³/mol. The van der Waals surface area contributed by atoms with E-state index in [4.69, 9.17) is 10.5 Å². The molecular weight excluding hydrogens is 271 g/mol. The molecule has 0 saturated heterocycles. The highest BCUT2D eigenvalue weighted by atomic mass is 19.1. The molecule has 110 valence electrons. The smallest absolute Gasteiger partial charge is 0.228 e. The molecule has 0 bridgehead atoms. The number of anilines is 1. The molecule has 4 nitrogen and oxygen atoms in total. The van der Waals surface area contributed by atoms with Crippen LogP contribution < -0.4 is 15.8 Å². The fourth-order valence-corrected chi connectivity index (χ4v) is 1.91. The molecule has 0 aromatic heterocycles. The van der Waals surface area contributed by atoms with E-state index in [0.29, 0.717) is 5.56 Å². The predicted octanol–water partition coefficient (Wildman–Crippen LogP) is 2.47. The van der Waals surface area contributed by atoms with Gasteiger partial charge in [0.2, 0.25) is 5.91 Å². The Morgan fingerprint density at radius 2 is 1.86 bits per heavy atom. The zero-order valence-corrected chi connectivity index (χ0v) is 11.7. The van der Waals surface area contributed by atoms with Gasteiger partial charge >= 0.3 is 0 Å². The van der Waals surface area contributed by atoms with Crippen molar-refractivity contribution in [1.82, 2.24) is 0 Å². The second kappa shape index (κ2) is 6.85. The number of methoxy groups -OCH3 is 1. The summed E-state index contributed by atoms with van der Waals surface area (Å²) in [7, 11) is 1.58. The van der Waals surface area contributed by atoms with E-state index >= 15 is 0 Å². The highest BCUT2D eigenvalue weighted by Crippen LogP contribution is 2.17. The van der Waals surface area contributed by atoms with Gasteiger partial charge in [0.1, 0.15) is 11.6 Å². The van der Waals surface area contributed by atoms with Crippen molar-refractivity contribution in [2.24, 2.45) is 5.73 Å². The van der Waals surface area contributed by atoms with Crippen molar-refractivity contribution in [3.63, 3.8) is 0 Å². The Morgan fingerprint density at radius 3 is 2.43 bits per heavy atom. The van der Waals surface area contributed by atoms with E-state index in [0.717, 1.165) is 11.3 Å². The van der Waals surface area contributed by atoms with Crippen molar-refractivity contribution < 1.29 is 13.9 Å². The van der Waals surface area contributed by atoms with E-state index in [1.807, 2.05) is 0 Å². The highest BCUT2D eigenvalue weighted by Gasteiger charge is 2.08. The molecule has 0 unspecified atom stereocenters. The molecule has 1 amide bonds. The number of halogens is 1. The fourth-order valence-electron chi connectivity index (χ4n) is 1.91. The molecule has 2 rings (SSSR count). The van der Waals surface area contributed by atoms with Crippen LogP contribution in [0.4, 0.5) is 10.1 Å². The minimum atomic E-state index is -0.485. The molecule has 2 aromatic carbocycles. The summed E-state index contributed by atoms with van der Waals surface area (Å²) in [5, 5.41) is 2.55. The van der Waals surface area contributed by atoms with Crippen LogP contribution in [-0.4, -0.2) is 13.0 Å². The second-order valence-corrected chi connectivity index (χ2v) is 4.59. The molecule has 0 aliphatic carbocycles. The first-order valence-corrected chi connectivity index (χ1v) is 6.53. The maximum atomic E-state index is 13.7. The normalized spacial score (nSPS) is 10.2. The Morgan fingerprint density at radius 1 is 1.19 bits per heavy atom. The lowest BCUT2D eigenvalue weighted by atomic mass is 10.1. The fraction of sp³-hybridized carbons (Fsp3) is 0.188. The quantitative estimate of drug-likeness (QED) is 0.888. The number of nitrogens with one attached hydrogen (secondary N) is 1. The van der Waals surface area contributed by atoms with Crippen molar-refractivity contribution in [3.8, 4) is 5.75 Å². The highest BCUT2D eigenvalue weighted by molar-refractivity contribution is 5.92. The standard InChI is InChI=1S/C16H17FN2O2/c1-21-13-5-2-11(3-6-13)9-16(20)19-15-7-4-12(10-18)8-14(15)17/h2-8H,9-10,18H2,1H3,(H,19,20). The van der Waals surface area contributed by atoms with Gasteiger partial charge in [0.25, 0.3) is 0 Å². The van der Waals surface area contributed by atoms with E-state index in [-0.39, 0.29) is 24.6 Å². The molecule has 0 aliphatic heterocycles. The number of nitrogens with two attached hydrogens (primary N) is 1. The molecule has 2 aromatic rings. The molecule has 0 fully saturated rings. The zero-order chi connectivity index (χ0) is 15.2. The largest absolute Gasteiger partial charge is 0.497 e. The number of carbonyl (C=O) groups is 1. The minimum Gasteiger partial charge on any atom is -0.497 e. The number of hydrogen-bond acceptors (Lipinski definition) is 3. The van der Waals surface area contributed by atoms with E-state index in [2.05, 4.69) is 5.32 Å². The molecule has 21 heavy (non-hydrogen) atoms. The third-order valence-electron chi connectivity index (χ3n) is 3.07. The molecule has 0 radical (unpaired) electrons. The number of hydrogen-bond donors (Lipinski definition) is 2. The minimum absolute atomic E-state index is 0.158. The maximum absolute atomic E-state index is 13.7. The summed E-state index contributed by atoms with van der Waals surface area (Å²) in [5.74, 6) is -0.0387. The van der Waals surface area contributed by atoms with Gasteiger partial charge in [-0.2, -0.15) is 0 Å². The summed E-state index contributed by atoms with van der Waals surface area (Å²) in [6.45, 7) is 0.261. The maximum Gasteiger partial charge on any atom is 0.228 e. The van der Waals surface area contributed by atoms with E-state index in [9.17, 15) is 9.18 Å². The second-order valence-electron chi connectivity index (χ2n) is 4.59. The van der Waals surface area contributed by atoms with Crippen LogP contribution in [0.3, 0.4) is 0 Å². The third kappa shape index (κ3) is 4.03. The first-order valence-electron chi connectivity index (χ1n) is 6.53. The lowest BCUT2D eigenvalue weighted by Gasteiger charge is -2.08. The zero-order valence-electron chi connectivity index (χ0n) is 11.7. The third-order valence-corrected chi connectivity index (χ3v) is 3.07. The number of carbonyl (C=O) groups excluding carboxylic acids is 1. The van der Waals surface area contributed by atoms with E-state index in [1.165, 1.54) is 12.1 Å². The average molecular weight is 288 g/mol. The van der Waals surface area contributed by atoms with Gasteiger partial charge in [0.05, 0.1) is 19.2 Å². The van der Waals surface area contributed by atoms with Crippen molar-refractivity contribution in [3.05, 3.63) is 59.4 Å². The van der Waals surface area contributed by atoms with Crippen LogP contribution in [0.5, 0.6) is 5.75 Å². The Kier molecular flexibility index (Phi) is 4.90. The number of ether oxygens (including phenoxy) is 1. The van der Waals surface area contributed by atoms with Crippen LogP contribution in [0.15, 0.2) is 42.5 Å². The summed E-state index contributed by atoms with van der Waals surface area (Å²) < 4.78 is 18.8. The van der Waals surface area contributed by atoms with Crippen LogP contribution in [0.1, 0.15) is 11.1 Å². The monoisotopic (exact) mass is 288 g/mol. The van der Waals surface area contributed by atoms with Crippen molar-refractivity contribution in [2.45, 2.75) is 13.0 Å². The molecule has 0 aliphatic rings. The molecule has 5 heteroatoms. The van der Waals surface area contributed by atoms with Gasteiger partial charge in [-0.3, -0.25) is 4.79 Å². The number of amides is 1. The summed E-state index contributed by atoms with van der Waals surface area (Å²) in [4.78, 5) is 11.9. The van der Waals surface area contributed by atoms with Crippen molar-refractivity contribution in [2.75, 3.05) is 12.4 Å². The van der Waals surface area contributed by atoms with Crippen LogP contribution in [-0.2, 0) is 17.8 Å². The molecule has 0 saturated carbocycles. The van der Waals surface area contributed by atoms with Gasteiger partial charge < -0.3 is 15.8 Å². The van der Waals surface area contributed by atoms with Crippen molar-refractivity contribution >= 4 is 11.6 Å². The van der Waals surface area contributed by atoms with Gasteiger partial charge in [-0.05, 0) is 35.4 Å². The summed E-state index contributed by atoms with van der Waals surface area (Å²) in [6, 6.07) is 11.7. The van der Waals surface area contributed by atoms with E-state index < -0.39 is 5.82 Å². The Balaban J connectivity index is 2.00. The summed E-state index contributed by atoms with van der Waals surface area (Å²) in [5.41, 5.74) is 7.10. The van der Waals surface area contributed by atoms with Gasteiger partial charge in [0.15, 0.2) is 0 Å². The van der Waals surface area contributed by atoms with Gasteiger partial charge in [-0.1, -0.05) is 18.2 Å². The lowest BCUT2D eigenvalue weighted by Crippen LogP contribution is -2.15. The molecule has 0 heterocycles. The Labute approximate surface area is 122 Å². The first-order chi connectivity index (χ1) is 10.1. The van der Waals surface area contributed by atoms with Gasteiger partial charge in [-0.25, -0.2) is 4.39 Å². The van der Waals surface area contributed by atoms with Crippen molar-refractivity contribution in [1.29, 1.82) is 0 Å². The topological polar surface area (TPSA) is 64.3 Å². The average Bonchev–Trinajstić information content (AvgIpc) is 2.50. The van der Waals surface area contributed by atoms with Crippen LogP contribution in [0, 0.1) is 5.82 Å². The van der Waals surface area contributed by atoms with Crippen LogP contribution in [0.2, 0.25) is 0 Å². The van der Waals surface area contributed by atoms with E-state index in [1.54, 1.807) is 37.4 Å². The Hall–Kier alpha value is -2.40. The number of benzene rings is 2. The lowest BCUT2D eigenvalue weighted by molar-refractivity contribution is -0.115. The molecule has 0 atom stereocenters. The SMILES string of the molecule is COc1ccc(CC(=O)Nc2ccc(CN)cc2F)cc1. The Bertz CT molecular complexity index is 627. The van der Waals surface area contributed by atoms with Crippen LogP contribution >= 0.6 is 0 Å².